The third-order valence-electron chi connectivity index (χ3n) is 3.72. The standard InChI is InChI=1S/C21H22N2O2S2/c1-16-8-10-18(11-9-16)25-12-5-13-26-21-22-17(14-20(24)23-21)15-27-19-6-3-2-4-7-19/h2-4,6-11,14H,5,12-13,15H2,1H3,(H,22,23,24). The van der Waals surface area contributed by atoms with Crippen LogP contribution in [0.5, 0.6) is 5.75 Å². The van der Waals surface area contributed by atoms with Gasteiger partial charge in [-0.3, -0.25) is 4.79 Å². The Bertz CT molecular complexity index is 896. The van der Waals surface area contributed by atoms with Gasteiger partial charge in [-0.05, 0) is 37.6 Å². The Morgan fingerprint density at radius 2 is 1.81 bits per heavy atom. The summed E-state index contributed by atoms with van der Waals surface area (Å²) >= 11 is 3.23. The van der Waals surface area contributed by atoms with E-state index in [9.17, 15) is 4.79 Å². The number of aromatic amines is 1. The van der Waals surface area contributed by atoms with Gasteiger partial charge in [0, 0.05) is 22.5 Å². The lowest BCUT2D eigenvalue weighted by atomic mass is 10.2. The van der Waals surface area contributed by atoms with Crippen molar-refractivity contribution in [3.8, 4) is 5.75 Å². The molecule has 2 aromatic carbocycles. The van der Waals surface area contributed by atoms with Crippen molar-refractivity contribution < 1.29 is 4.74 Å². The molecule has 0 aliphatic heterocycles. The van der Waals surface area contributed by atoms with E-state index < -0.39 is 0 Å². The number of aromatic nitrogens is 2. The zero-order chi connectivity index (χ0) is 18.9. The van der Waals surface area contributed by atoms with Gasteiger partial charge in [0.05, 0.1) is 12.3 Å². The van der Waals surface area contributed by atoms with Crippen molar-refractivity contribution in [2.75, 3.05) is 12.4 Å². The molecule has 0 unspecified atom stereocenters. The van der Waals surface area contributed by atoms with Crippen molar-refractivity contribution in [1.82, 2.24) is 9.97 Å². The molecular weight excluding hydrogens is 376 g/mol. The zero-order valence-electron chi connectivity index (χ0n) is 15.2. The van der Waals surface area contributed by atoms with Crippen molar-refractivity contribution >= 4 is 23.5 Å². The smallest absolute Gasteiger partial charge is 0.251 e. The van der Waals surface area contributed by atoms with Gasteiger partial charge in [-0.2, -0.15) is 0 Å². The monoisotopic (exact) mass is 398 g/mol. The third kappa shape index (κ3) is 6.81. The second kappa shape index (κ2) is 10.2. The minimum absolute atomic E-state index is 0.105. The first-order valence-electron chi connectivity index (χ1n) is 8.79. The molecule has 3 aromatic rings. The van der Waals surface area contributed by atoms with E-state index in [1.807, 2.05) is 42.5 Å². The summed E-state index contributed by atoms with van der Waals surface area (Å²) in [5.41, 5.74) is 1.91. The maximum Gasteiger partial charge on any atom is 0.251 e. The number of thioether (sulfide) groups is 2. The summed E-state index contributed by atoms with van der Waals surface area (Å²) < 4.78 is 5.72. The maximum absolute atomic E-state index is 11.9. The Labute approximate surface area is 167 Å². The summed E-state index contributed by atoms with van der Waals surface area (Å²) in [4.78, 5) is 20.4. The highest BCUT2D eigenvalue weighted by Gasteiger charge is 2.04. The van der Waals surface area contributed by atoms with Crippen LogP contribution in [0.25, 0.3) is 0 Å². The predicted octanol–water partition coefficient (Wildman–Crippen LogP) is 4.93. The first kappa shape index (κ1) is 19.6. The molecule has 0 aliphatic rings. The van der Waals surface area contributed by atoms with Crippen molar-refractivity contribution in [1.29, 1.82) is 0 Å². The van der Waals surface area contributed by atoms with Crippen LogP contribution < -0.4 is 10.3 Å². The molecule has 1 heterocycles. The van der Waals surface area contributed by atoms with Crippen molar-refractivity contribution in [2.45, 2.75) is 29.1 Å². The molecule has 3 rings (SSSR count). The topological polar surface area (TPSA) is 55.0 Å². The number of ether oxygens (including phenoxy) is 1. The van der Waals surface area contributed by atoms with Gasteiger partial charge in [0.15, 0.2) is 5.16 Å². The summed E-state index contributed by atoms with van der Waals surface area (Å²) in [6.45, 7) is 2.70. The number of rotatable bonds is 9. The van der Waals surface area contributed by atoms with Crippen LogP contribution in [0, 0.1) is 6.92 Å². The Hall–Kier alpha value is -2.18. The van der Waals surface area contributed by atoms with E-state index in [2.05, 4.69) is 29.0 Å². The molecule has 0 amide bonds. The molecule has 0 bridgehead atoms. The SMILES string of the molecule is Cc1ccc(OCCCSc2nc(CSc3ccccc3)cc(=O)[nH]2)cc1. The van der Waals surface area contributed by atoms with E-state index >= 15 is 0 Å². The Morgan fingerprint density at radius 3 is 2.59 bits per heavy atom. The van der Waals surface area contributed by atoms with E-state index in [0.717, 1.165) is 23.6 Å². The van der Waals surface area contributed by atoms with Gasteiger partial charge in [-0.15, -0.1) is 11.8 Å². The second-order valence-corrected chi connectivity index (χ2v) is 8.14. The van der Waals surface area contributed by atoms with Crippen molar-refractivity contribution in [2.24, 2.45) is 0 Å². The van der Waals surface area contributed by atoms with E-state index in [-0.39, 0.29) is 5.56 Å². The van der Waals surface area contributed by atoms with Gasteiger partial charge in [-0.1, -0.05) is 47.7 Å². The average Bonchev–Trinajstić information content (AvgIpc) is 2.68. The molecule has 0 aliphatic carbocycles. The summed E-state index contributed by atoms with van der Waals surface area (Å²) in [7, 11) is 0. The molecule has 4 nitrogen and oxygen atoms in total. The van der Waals surface area contributed by atoms with Gasteiger partial charge in [-0.25, -0.2) is 4.98 Å². The first-order chi connectivity index (χ1) is 13.2. The van der Waals surface area contributed by atoms with E-state index in [0.29, 0.717) is 17.5 Å². The van der Waals surface area contributed by atoms with E-state index in [1.165, 1.54) is 10.5 Å². The molecular formula is C21H22N2O2S2. The normalized spacial score (nSPS) is 10.7. The lowest BCUT2D eigenvalue weighted by Crippen LogP contribution is -2.10. The number of benzene rings is 2. The number of aryl methyl sites for hydroxylation is 1. The Balaban J connectivity index is 1.44. The van der Waals surface area contributed by atoms with Gasteiger partial charge in [0.2, 0.25) is 0 Å². The highest BCUT2D eigenvalue weighted by atomic mass is 32.2. The maximum atomic E-state index is 11.9. The van der Waals surface area contributed by atoms with Gasteiger partial charge in [0.25, 0.3) is 5.56 Å². The van der Waals surface area contributed by atoms with E-state index in [4.69, 9.17) is 4.74 Å². The summed E-state index contributed by atoms with van der Waals surface area (Å²) in [5.74, 6) is 2.40. The summed E-state index contributed by atoms with van der Waals surface area (Å²) in [5, 5.41) is 0.668. The van der Waals surface area contributed by atoms with Gasteiger partial charge in [0.1, 0.15) is 5.75 Å². The molecule has 0 spiro atoms. The number of hydrogen-bond acceptors (Lipinski definition) is 5. The van der Waals surface area contributed by atoms with Crippen LogP contribution in [0.1, 0.15) is 17.7 Å². The van der Waals surface area contributed by atoms with Crippen LogP contribution in [0.15, 0.2) is 75.5 Å². The summed E-state index contributed by atoms with van der Waals surface area (Å²) in [6.07, 6.45) is 0.880. The van der Waals surface area contributed by atoms with Crippen LogP contribution in [0.3, 0.4) is 0 Å². The molecule has 0 radical (unpaired) electrons. The first-order valence-corrected chi connectivity index (χ1v) is 10.8. The molecule has 1 aromatic heterocycles. The molecule has 0 saturated heterocycles. The van der Waals surface area contributed by atoms with Crippen LogP contribution in [0.4, 0.5) is 0 Å². The molecule has 0 atom stereocenters. The Kier molecular flexibility index (Phi) is 7.42. The molecule has 1 N–H and O–H groups in total. The lowest BCUT2D eigenvalue weighted by molar-refractivity contribution is 0.318. The van der Waals surface area contributed by atoms with Crippen LogP contribution in [-0.4, -0.2) is 22.3 Å². The molecule has 0 saturated carbocycles. The second-order valence-electron chi connectivity index (χ2n) is 6.01. The molecule has 27 heavy (non-hydrogen) atoms. The molecule has 0 fully saturated rings. The van der Waals surface area contributed by atoms with Crippen LogP contribution >= 0.6 is 23.5 Å². The van der Waals surface area contributed by atoms with E-state index in [1.54, 1.807) is 29.6 Å². The minimum atomic E-state index is -0.105. The summed E-state index contributed by atoms with van der Waals surface area (Å²) in [6, 6.07) is 19.7. The highest BCUT2D eigenvalue weighted by molar-refractivity contribution is 7.99. The quantitative estimate of drug-likeness (QED) is 0.315. The van der Waals surface area contributed by atoms with Crippen LogP contribution in [0.2, 0.25) is 0 Å². The lowest BCUT2D eigenvalue weighted by Gasteiger charge is -2.07. The zero-order valence-corrected chi connectivity index (χ0v) is 16.8. The predicted molar refractivity (Wildman–Crippen MR) is 113 cm³/mol. The average molecular weight is 399 g/mol. The number of nitrogens with one attached hydrogen (secondary N) is 1. The van der Waals surface area contributed by atoms with Crippen LogP contribution in [-0.2, 0) is 5.75 Å². The fraction of sp³-hybridized carbons (Fsp3) is 0.238. The fourth-order valence-electron chi connectivity index (χ4n) is 2.35. The number of H-pyrrole nitrogens is 1. The van der Waals surface area contributed by atoms with Crippen molar-refractivity contribution in [3.05, 3.63) is 82.3 Å². The molecule has 140 valence electrons. The fourth-order valence-corrected chi connectivity index (χ4v) is 3.97. The Morgan fingerprint density at radius 1 is 1.04 bits per heavy atom. The number of hydrogen-bond donors (Lipinski definition) is 1. The van der Waals surface area contributed by atoms with Crippen molar-refractivity contribution in [3.63, 3.8) is 0 Å². The largest absolute Gasteiger partial charge is 0.494 e. The van der Waals surface area contributed by atoms with Gasteiger partial charge < -0.3 is 9.72 Å². The highest BCUT2D eigenvalue weighted by Crippen LogP contribution is 2.22. The number of nitrogens with zero attached hydrogens (tertiary/aromatic N) is 1. The minimum Gasteiger partial charge on any atom is -0.494 e. The third-order valence-corrected chi connectivity index (χ3v) is 5.73. The van der Waals surface area contributed by atoms with Gasteiger partial charge >= 0.3 is 0 Å². The molecule has 6 heteroatoms.